The van der Waals surface area contributed by atoms with E-state index in [9.17, 15) is 0 Å². The molecule has 7 aromatic carbocycles. The highest BCUT2D eigenvalue weighted by atomic mass is 16.5. The van der Waals surface area contributed by atoms with Gasteiger partial charge in [0.25, 0.3) is 6.71 Å². The zero-order chi connectivity index (χ0) is 31.1. The molecule has 0 unspecified atom stereocenters. The molecule has 6 heteroatoms. The van der Waals surface area contributed by atoms with Crippen LogP contribution in [0.15, 0.2) is 136 Å². The third-order valence-electron chi connectivity index (χ3n) is 10.2. The summed E-state index contributed by atoms with van der Waals surface area (Å²) in [6.45, 7) is -0.112. The molecule has 0 aliphatic carbocycles. The van der Waals surface area contributed by atoms with Gasteiger partial charge in [-0.25, -0.2) is 0 Å². The van der Waals surface area contributed by atoms with Crippen molar-refractivity contribution < 1.29 is 23.0 Å². The second kappa shape index (κ2) is 8.69. The van der Waals surface area contributed by atoms with Gasteiger partial charge in [0.15, 0.2) is 0 Å². The highest BCUT2D eigenvalue weighted by molar-refractivity contribution is 6.99. The molecular weight excluding hydrogens is 595 g/mol. The van der Waals surface area contributed by atoms with Crippen LogP contribution in [0.2, 0.25) is 0 Å². The van der Waals surface area contributed by atoms with Crippen molar-refractivity contribution in [1.82, 2.24) is 0 Å². The van der Waals surface area contributed by atoms with Crippen LogP contribution in [0, 0.1) is 0 Å². The number of rotatable bonds is 2. The fourth-order valence-corrected chi connectivity index (χ4v) is 8.11. The van der Waals surface area contributed by atoms with Crippen LogP contribution in [0.3, 0.4) is 0 Å². The minimum Gasteiger partial charge on any atom is -0.458 e. The van der Waals surface area contributed by atoms with Gasteiger partial charge < -0.3 is 23.0 Å². The fourth-order valence-electron chi connectivity index (χ4n) is 8.11. The van der Waals surface area contributed by atoms with Gasteiger partial charge in [0.2, 0.25) is 0 Å². The van der Waals surface area contributed by atoms with Crippen LogP contribution in [-0.4, -0.2) is 6.71 Å². The second-order valence-corrected chi connectivity index (χ2v) is 12.7. The molecule has 5 heterocycles. The molecule has 5 nitrogen and oxygen atoms in total. The summed E-state index contributed by atoms with van der Waals surface area (Å²) in [4.78, 5) is 0. The van der Waals surface area contributed by atoms with Gasteiger partial charge in [-0.05, 0) is 77.9 Å². The van der Waals surface area contributed by atoms with Crippen molar-refractivity contribution in [2.24, 2.45) is 0 Å². The second-order valence-electron chi connectivity index (χ2n) is 12.7. The number of fused-ring (bicyclic) bond motifs is 6. The smallest absolute Gasteiger partial charge is 0.270 e. The van der Waals surface area contributed by atoms with Crippen LogP contribution in [-0.2, 0) is 0 Å². The van der Waals surface area contributed by atoms with E-state index in [1.165, 1.54) is 0 Å². The lowest BCUT2D eigenvalue weighted by Gasteiger charge is -2.38. The van der Waals surface area contributed by atoms with Gasteiger partial charge in [-0.3, -0.25) is 0 Å². The summed E-state index contributed by atoms with van der Waals surface area (Å²) in [6, 6.07) is 43.5. The van der Waals surface area contributed by atoms with Crippen LogP contribution in [0.5, 0.6) is 34.5 Å². The molecule has 0 spiro atoms. The fraction of sp³-hybridized carbons (Fsp3) is 0. The summed E-state index contributed by atoms with van der Waals surface area (Å²) in [7, 11) is 0. The van der Waals surface area contributed by atoms with E-state index in [2.05, 4.69) is 66.7 Å². The van der Waals surface area contributed by atoms with Crippen LogP contribution < -0.4 is 30.6 Å². The highest BCUT2D eigenvalue weighted by Gasteiger charge is 2.48. The molecule has 0 N–H and O–H groups in total. The first-order valence-corrected chi connectivity index (χ1v) is 16.1. The first kappa shape index (κ1) is 24.8. The zero-order valence-corrected chi connectivity index (χ0v) is 25.2. The van der Waals surface area contributed by atoms with Crippen molar-refractivity contribution in [2.75, 3.05) is 0 Å². The quantitative estimate of drug-likeness (QED) is 0.181. The van der Waals surface area contributed by atoms with E-state index in [1.807, 2.05) is 60.7 Å². The zero-order valence-electron chi connectivity index (χ0n) is 25.2. The molecule has 0 radical (unpaired) electrons. The average molecular weight is 616 g/mol. The SMILES string of the molecule is c1cc2c3c(c1)Oc1c(-c4ccc5oc6ccccc6c5c4)cc(-c4ccc5oc6ccccc6c5c4)c4c1B3c1c(cccc1O4)O2. The minimum atomic E-state index is -0.112. The van der Waals surface area contributed by atoms with Crippen molar-refractivity contribution in [1.29, 1.82) is 0 Å². The van der Waals surface area contributed by atoms with E-state index in [1.54, 1.807) is 0 Å². The molecule has 12 rings (SSSR count). The third-order valence-corrected chi connectivity index (χ3v) is 10.2. The molecule has 222 valence electrons. The van der Waals surface area contributed by atoms with Gasteiger partial charge in [-0.1, -0.05) is 60.7 Å². The predicted molar refractivity (Wildman–Crippen MR) is 190 cm³/mol. The largest absolute Gasteiger partial charge is 0.458 e. The van der Waals surface area contributed by atoms with Crippen molar-refractivity contribution in [3.05, 3.63) is 127 Å². The molecule has 0 saturated heterocycles. The Bertz CT molecular complexity index is 2700. The van der Waals surface area contributed by atoms with Crippen LogP contribution >= 0.6 is 0 Å². The lowest BCUT2D eigenvalue weighted by atomic mass is 9.33. The molecule has 0 fully saturated rings. The molecule has 3 aliphatic rings. The standard InChI is InChI=1S/C42H21BO5/c1-3-9-30-24(7-1)28-19-22(15-17-32(28)44-30)26-21-27(23-16-18-33-29(20-23)25-8-2-4-10-31(25)45-33)42-40-41(26)47-36-13-5-11-34-38(36)43(40)39-35(46-34)12-6-14-37(39)48-42/h1-21H. The minimum absolute atomic E-state index is 0.112. The molecule has 0 saturated carbocycles. The number of furan rings is 2. The lowest BCUT2D eigenvalue weighted by molar-refractivity contribution is 0.444. The Kier molecular flexibility index (Phi) is 4.49. The molecule has 0 atom stereocenters. The number of ether oxygens (including phenoxy) is 3. The summed E-state index contributed by atoms with van der Waals surface area (Å²) >= 11 is 0. The maximum atomic E-state index is 6.92. The Morgan fingerprint density at radius 3 is 1.33 bits per heavy atom. The maximum Gasteiger partial charge on any atom is 0.270 e. The molecule has 3 aliphatic heterocycles. The Morgan fingerprint density at radius 2 is 0.812 bits per heavy atom. The Labute approximate surface area is 273 Å². The van der Waals surface area contributed by atoms with Gasteiger partial charge >= 0.3 is 0 Å². The van der Waals surface area contributed by atoms with Crippen molar-refractivity contribution in [2.45, 2.75) is 0 Å². The van der Waals surface area contributed by atoms with Crippen molar-refractivity contribution in [3.63, 3.8) is 0 Å². The maximum absolute atomic E-state index is 6.92. The van der Waals surface area contributed by atoms with Gasteiger partial charge in [-0.15, -0.1) is 0 Å². The first-order chi connectivity index (χ1) is 23.8. The Morgan fingerprint density at radius 1 is 0.354 bits per heavy atom. The van der Waals surface area contributed by atoms with E-state index >= 15 is 0 Å². The molecule has 9 aromatic rings. The van der Waals surface area contributed by atoms with Crippen LogP contribution in [0.25, 0.3) is 66.1 Å². The normalized spacial score (nSPS) is 13.5. The van der Waals surface area contributed by atoms with Crippen LogP contribution in [0.1, 0.15) is 0 Å². The number of benzene rings is 7. The number of hydrogen-bond donors (Lipinski definition) is 0. The lowest BCUT2D eigenvalue weighted by Crippen LogP contribution is -2.59. The monoisotopic (exact) mass is 616 g/mol. The van der Waals surface area contributed by atoms with Gasteiger partial charge in [0, 0.05) is 49.1 Å². The summed E-state index contributed by atoms with van der Waals surface area (Å²) in [6.07, 6.45) is 0. The van der Waals surface area contributed by atoms with Crippen molar-refractivity contribution in [3.8, 4) is 56.8 Å². The third kappa shape index (κ3) is 3.12. The highest BCUT2D eigenvalue weighted by Crippen LogP contribution is 2.49. The van der Waals surface area contributed by atoms with Crippen LogP contribution in [0.4, 0.5) is 0 Å². The van der Waals surface area contributed by atoms with E-state index < -0.39 is 0 Å². The predicted octanol–water partition coefficient (Wildman–Crippen LogP) is 9.65. The van der Waals surface area contributed by atoms with E-state index in [0.29, 0.717) is 0 Å². The van der Waals surface area contributed by atoms with Gasteiger partial charge in [0.05, 0.1) is 0 Å². The van der Waals surface area contributed by atoms with Gasteiger partial charge in [-0.2, -0.15) is 0 Å². The molecule has 48 heavy (non-hydrogen) atoms. The topological polar surface area (TPSA) is 54.0 Å². The van der Waals surface area contributed by atoms with E-state index in [0.717, 1.165) is 117 Å². The summed E-state index contributed by atoms with van der Waals surface area (Å²) < 4.78 is 32.7. The number of para-hydroxylation sites is 2. The summed E-state index contributed by atoms with van der Waals surface area (Å²) in [5, 5.41) is 4.30. The molecular formula is C42H21BO5. The molecule has 0 amide bonds. The molecule has 0 bridgehead atoms. The summed E-state index contributed by atoms with van der Waals surface area (Å²) in [5.74, 6) is 4.82. The van der Waals surface area contributed by atoms with Gasteiger partial charge in [0.1, 0.15) is 56.8 Å². The number of hydrogen-bond acceptors (Lipinski definition) is 5. The first-order valence-electron chi connectivity index (χ1n) is 16.1. The van der Waals surface area contributed by atoms with Crippen molar-refractivity contribution >= 4 is 67.0 Å². The Balaban J connectivity index is 1.19. The van der Waals surface area contributed by atoms with E-state index in [4.69, 9.17) is 23.0 Å². The van der Waals surface area contributed by atoms with E-state index in [-0.39, 0.29) is 6.71 Å². The molecule has 2 aromatic heterocycles. The summed E-state index contributed by atoms with van der Waals surface area (Å²) in [5.41, 5.74) is 10.6. The Hall–Kier alpha value is -6.40. The average Bonchev–Trinajstić information content (AvgIpc) is 3.69.